The molecule has 1 aromatic carbocycles. The van der Waals surface area contributed by atoms with Crippen LogP contribution in [0.5, 0.6) is 5.75 Å². The van der Waals surface area contributed by atoms with Crippen molar-refractivity contribution in [3.8, 4) is 5.75 Å². The van der Waals surface area contributed by atoms with Gasteiger partial charge in [0.05, 0.1) is 17.7 Å². The maximum Gasteiger partial charge on any atom is 0.205 e. The first-order valence-corrected chi connectivity index (χ1v) is 6.58. The summed E-state index contributed by atoms with van der Waals surface area (Å²) in [5, 5.41) is 0.495. The van der Waals surface area contributed by atoms with Crippen LogP contribution < -0.4 is 10.5 Å². The zero-order chi connectivity index (χ0) is 13.1. The molecule has 0 unspecified atom stereocenters. The first kappa shape index (κ1) is 13.2. The molecule has 0 aromatic heterocycles. The van der Waals surface area contributed by atoms with Crippen molar-refractivity contribution >= 4 is 17.3 Å². The molecule has 1 saturated carbocycles. The summed E-state index contributed by atoms with van der Waals surface area (Å²) < 4.78 is 5.97. The maximum atomic E-state index is 7.01. The first-order valence-electron chi connectivity index (χ1n) is 6.20. The molecule has 0 amide bonds. The predicted octanol–water partition coefficient (Wildman–Crippen LogP) is 3.85. The van der Waals surface area contributed by atoms with E-state index in [0.29, 0.717) is 16.8 Å². The van der Waals surface area contributed by atoms with Crippen LogP contribution in [0.4, 0.5) is 5.69 Å². The fourth-order valence-electron chi connectivity index (χ4n) is 2.25. The molecule has 2 N–H and O–H groups in total. The summed E-state index contributed by atoms with van der Waals surface area (Å²) in [5.74, 6) is 0.785. The lowest BCUT2D eigenvalue weighted by Crippen LogP contribution is -2.31. The van der Waals surface area contributed by atoms with Crippen LogP contribution in [0.25, 0.3) is 4.85 Å². The molecule has 3 nitrogen and oxygen atoms in total. The van der Waals surface area contributed by atoms with E-state index in [9.17, 15) is 0 Å². The van der Waals surface area contributed by atoms with E-state index in [0.717, 1.165) is 37.0 Å². The van der Waals surface area contributed by atoms with Gasteiger partial charge in [-0.3, -0.25) is 0 Å². The standard InChI is InChI=1S/C14H17ClN2O/c1-9-13(8-7-12(17-2)14(9)15)18-11-5-3-10(16)4-6-11/h7-8,10-11H,3-6,16H2,1H3. The fourth-order valence-corrected chi connectivity index (χ4v) is 2.45. The molecule has 1 aliphatic rings. The third kappa shape index (κ3) is 2.77. The lowest BCUT2D eigenvalue weighted by molar-refractivity contribution is 0.146. The number of ether oxygens (including phenoxy) is 1. The van der Waals surface area contributed by atoms with Crippen molar-refractivity contribution < 1.29 is 4.74 Å². The van der Waals surface area contributed by atoms with Gasteiger partial charge in [0.2, 0.25) is 5.69 Å². The monoisotopic (exact) mass is 264 g/mol. The molecule has 0 aliphatic heterocycles. The highest BCUT2D eigenvalue weighted by molar-refractivity contribution is 6.34. The van der Waals surface area contributed by atoms with Crippen LogP contribution >= 0.6 is 11.6 Å². The van der Waals surface area contributed by atoms with E-state index < -0.39 is 0 Å². The molecule has 18 heavy (non-hydrogen) atoms. The summed E-state index contributed by atoms with van der Waals surface area (Å²) in [7, 11) is 0. The average molecular weight is 265 g/mol. The van der Waals surface area contributed by atoms with Crippen molar-refractivity contribution in [3.05, 3.63) is 34.1 Å². The maximum absolute atomic E-state index is 7.01. The molecule has 0 bridgehead atoms. The molecule has 1 aromatic rings. The number of hydrogen-bond acceptors (Lipinski definition) is 2. The minimum absolute atomic E-state index is 0.221. The highest BCUT2D eigenvalue weighted by Gasteiger charge is 2.21. The Kier molecular flexibility index (Phi) is 4.11. The molecule has 0 saturated heterocycles. The van der Waals surface area contributed by atoms with Crippen LogP contribution in [-0.4, -0.2) is 12.1 Å². The Morgan fingerprint density at radius 3 is 2.61 bits per heavy atom. The minimum atomic E-state index is 0.221. The van der Waals surface area contributed by atoms with Gasteiger partial charge in [-0.05, 0) is 44.2 Å². The third-order valence-corrected chi connectivity index (χ3v) is 3.93. The highest BCUT2D eigenvalue weighted by atomic mass is 35.5. The molecule has 4 heteroatoms. The SMILES string of the molecule is [C-]#[N+]c1ccc(OC2CCC(N)CC2)c(C)c1Cl. The Hall–Kier alpha value is -1.24. The van der Waals surface area contributed by atoms with E-state index in [2.05, 4.69) is 4.85 Å². The molecule has 1 aliphatic carbocycles. The second kappa shape index (κ2) is 5.60. The number of nitrogens with zero attached hydrogens (tertiary/aromatic N) is 1. The Bertz CT molecular complexity index is 473. The fraction of sp³-hybridized carbons (Fsp3) is 0.500. The molecule has 1 fully saturated rings. The minimum Gasteiger partial charge on any atom is -0.490 e. The summed E-state index contributed by atoms with van der Waals surface area (Å²) in [6, 6.07) is 3.87. The van der Waals surface area contributed by atoms with Crippen LogP contribution in [0.2, 0.25) is 5.02 Å². The van der Waals surface area contributed by atoms with Gasteiger partial charge < -0.3 is 10.5 Å². The van der Waals surface area contributed by atoms with Gasteiger partial charge in [-0.2, -0.15) is 0 Å². The van der Waals surface area contributed by atoms with Gasteiger partial charge in [0.15, 0.2) is 0 Å². The van der Waals surface area contributed by atoms with Gasteiger partial charge >= 0.3 is 0 Å². The van der Waals surface area contributed by atoms with Crippen LogP contribution in [0.1, 0.15) is 31.2 Å². The zero-order valence-corrected chi connectivity index (χ0v) is 11.2. The quantitative estimate of drug-likeness (QED) is 0.824. The van der Waals surface area contributed by atoms with Gasteiger partial charge in [-0.1, -0.05) is 17.7 Å². The first-order chi connectivity index (χ1) is 8.61. The molecule has 0 spiro atoms. The van der Waals surface area contributed by atoms with Crippen molar-refractivity contribution in [2.45, 2.75) is 44.8 Å². The van der Waals surface area contributed by atoms with E-state index in [-0.39, 0.29) is 6.10 Å². The van der Waals surface area contributed by atoms with Crippen molar-refractivity contribution in [3.63, 3.8) is 0 Å². The number of hydrogen-bond donors (Lipinski definition) is 1. The molecular formula is C14H17ClN2O. The van der Waals surface area contributed by atoms with Crippen molar-refractivity contribution in [2.75, 3.05) is 0 Å². The number of rotatable bonds is 2. The average Bonchev–Trinajstić information content (AvgIpc) is 2.38. The highest BCUT2D eigenvalue weighted by Crippen LogP contribution is 2.35. The predicted molar refractivity (Wildman–Crippen MR) is 73.3 cm³/mol. The van der Waals surface area contributed by atoms with Gasteiger partial charge in [0, 0.05) is 6.04 Å². The van der Waals surface area contributed by atoms with Gasteiger partial charge in [-0.25, -0.2) is 4.85 Å². The Labute approximate surface area is 113 Å². The largest absolute Gasteiger partial charge is 0.490 e. The lowest BCUT2D eigenvalue weighted by Gasteiger charge is -2.27. The zero-order valence-electron chi connectivity index (χ0n) is 10.4. The molecule has 2 rings (SSSR count). The van der Waals surface area contributed by atoms with Crippen molar-refractivity contribution in [2.24, 2.45) is 5.73 Å². The molecule has 0 heterocycles. The van der Waals surface area contributed by atoms with Gasteiger partial charge in [0.1, 0.15) is 5.75 Å². The molecular weight excluding hydrogens is 248 g/mol. The smallest absolute Gasteiger partial charge is 0.205 e. The summed E-state index contributed by atoms with van der Waals surface area (Å²) in [4.78, 5) is 3.37. The Morgan fingerprint density at radius 2 is 2.00 bits per heavy atom. The summed E-state index contributed by atoms with van der Waals surface area (Å²) in [5.41, 5.74) is 7.20. The Morgan fingerprint density at radius 1 is 1.33 bits per heavy atom. The second-order valence-corrected chi connectivity index (χ2v) is 5.17. The van der Waals surface area contributed by atoms with Gasteiger partial charge in [-0.15, -0.1) is 0 Å². The van der Waals surface area contributed by atoms with Crippen molar-refractivity contribution in [1.82, 2.24) is 0 Å². The molecule has 0 radical (unpaired) electrons. The molecule has 0 atom stereocenters. The number of nitrogens with two attached hydrogens (primary N) is 1. The molecule has 96 valence electrons. The number of benzene rings is 1. The topological polar surface area (TPSA) is 39.6 Å². The van der Waals surface area contributed by atoms with E-state index >= 15 is 0 Å². The summed E-state index contributed by atoms with van der Waals surface area (Å²) >= 11 is 6.13. The third-order valence-electron chi connectivity index (χ3n) is 3.45. The summed E-state index contributed by atoms with van der Waals surface area (Å²) in [6.45, 7) is 8.90. The number of halogens is 1. The normalized spacial score (nSPS) is 23.4. The van der Waals surface area contributed by atoms with E-state index in [1.54, 1.807) is 6.07 Å². The Balaban J connectivity index is 2.11. The van der Waals surface area contributed by atoms with Gasteiger partial charge in [0.25, 0.3) is 0 Å². The van der Waals surface area contributed by atoms with Crippen LogP contribution in [0.3, 0.4) is 0 Å². The lowest BCUT2D eigenvalue weighted by atomic mass is 9.93. The van der Waals surface area contributed by atoms with E-state index in [4.69, 9.17) is 28.6 Å². The van der Waals surface area contributed by atoms with E-state index in [1.807, 2.05) is 13.0 Å². The summed E-state index contributed by atoms with van der Waals surface area (Å²) in [6.07, 6.45) is 4.22. The van der Waals surface area contributed by atoms with Crippen molar-refractivity contribution in [1.29, 1.82) is 0 Å². The second-order valence-electron chi connectivity index (χ2n) is 4.79. The van der Waals surface area contributed by atoms with E-state index in [1.165, 1.54) is 0 Å². The van der Waals surface area contributed by atoms with Crippen LogP contribution in [0, 0.1) is 13.5 Å². The van der Waals surface area contributed by atoms with Crippen LogP contribution in [-0.2, 0) is 0 Å². The van der Waals surface area contributed by atoms with Crippen LogP contribution in [0.15, 0.2) is 12.1 Å².